The van der Waals surface area contributed by atoms with Gasteiger partial charge in [0.1, 0.15) is 6.61 Å². The number of rotatable bonds is 4. The fourth-order valence-corrected chi connectivity index (χ4v) is 1.84. The minimum absolute atomic E-state index is 0.171. The summed E-state index contributed by atoms with van der Waals surface area (Å²) in [6.07, 6.45) is 0.941. The Morgan fingerprint density at radius 1 is 1.15 bits per heavy atom. The fraction of sp³-hybridized carbons (Fsp3) is 0.176. The molecule has 0 saturated carbocycles. The summed E-state index contributed by atoms with van der Waals surface area (Å²) in [4.78, 5) is 11.9. The van der Waals surface area contributed by atoms with Gasteiger partial charge >= 0.3 is 5.97 Å². The molecule has 0 atom stereocenters. The van der Waals surface area contributed by atoms with E-state index in [1.807, 2.05) is 18.2 Å². The van der Waals surface area contributed by atoms with Crippen LogP contribution >= 0.6 is 0 Å². The fourth-order valence-electron chi connectivity index (χ4n) is 1.84. The number of nitrogens with zero attached hydrogens (tertiary/aromatic N) is 1. The van der Waals surface area contributed by atoms with Gasteiger partial charge in [-0.3, -0.25) is 0 Å². The molecule has 3 heteroatoms. The molecule has 2 aromatic rings. The van der Waals surface area contributed by atoms with Gasteiger partial charge in [0.25, 0.3) is 0 Å². The van der Waals surface area contributed by atoms with Crippen LogP contribution in [0.4, 0.5) is 0 Å². The molecule has 2 rings (SSSR count). The molecule has 0 heterocycles. The second-order valence-electron chi connectivity index (χ2n) is 4.44. The summed E-state index contributed by atoms with van der Waals surface area (Å²) in [7, 11) is 0. The average molecular weight is 265 g/mol. The molecule has 0 aliphatic carbocycles. The molecule has 2 aromatic carbocycles. The topological polar surface area (TPSA) is 50.1 Å². The number of aryl methyl sites for hydroxylation is 1. The van der Waals surface area contributed by atoms with Gasteiger partial charge < -0.3 is 4.74 Å². The highest BCUT2D eigenvalue weighted by atomic mass is 16.5. The van der Waals surface area contributed by atoms with E-state index in [4.69, 9.17) is 10.00 Å². The van der Waals surface area contributed by atoms with E-state index in [1.54, 1.807) is 30.3 Å². The van der Waals surface area contributed by atoms with Crippen LogP contribution in [0.2, 0.25) is 0 Å². The normalized spacial score (nSPS) is 9.80. The largest absolute Gasteiger partial charge is 0.457 e. The molecule has 0 unspecified atom stereocenters. The second kappa shape index (κ2) is 6.53. The minimum atomic E-state index is -0.352. The van der Waals surface area contributed by atoms with Crippen molar-refractivity contribution >= 4 is 5.97 Å². The summed E-state index contributed by atoms with van der Waals surface area (Å²) in [6, 6.07) is 16.5. The molecule has 0 spiro atoms. The lowest BCUT2D eigenvalue weighted by Crippen LogP contribution is -2.05. The molecule has 3 nitrogen and oxygen atoms in total. The number of hydrogen-bond donors (Lipinski definition) is 0. The monoisotopic (exact) mass is 265 g/mol. The Morgan fingerprint density at radius 3 is 2.55 bits per heavy atom. The molecule has 0 amide bonds. The second-order valence-corrected chi connectivity index (χ2v) is 4.44. The van der Waals surface area contributed by atoms with Crippen LogP contribution in [0.15, 0.2) is 48.5 Å². The van der Waals surface area contributed by atoms with E-state index in [0.29, 0.717) is 11.1 Å². The first-order valence-corrected chi connectivity index (χ1v) is 6.48. The van der Waals surface area contributed by atoms with E-state index in [0.717, 1.165) is 12.0 Å². The van der Waals surface area contributed by atoms with E-state index in [1.165, 1.54) is 5.56 Å². The summed E-state index contributed by atoms with van der Waals surface area (Å²) in [5, 5.41) is 8.81. The number of carbonyl (C=O) groups excluding carboxylic acids is 1. The van der Waals surface area contributed by atoms with Crippen LogP contribution in [0.3, 0.4) is 0 Å². The van der Waals surface area contributed by atoms with E-state index < -0.39 is 0 Å². The highest BCUT2D eigenvalue weighted by Crippen LogP contribution is 2.10. The number of ether oxygens (including phenoxy) is 1. The average Bonchev–Trinajstić information content (AvgIpc) is 2.53. The molecular formula is C17H15NO2. The van der Waals surface area contributed by atoms with Crippen molar-refractivity contribution in [1.82, 2.24) is 0 Å². The molecule has 20 heavy (non-hydrogen) atoms. The van der Waals surface area contributed by atoms with Crippen molar-refractivity contribution in [3.63, 3.8) is 0 Å². The lowest BCUT2D eigenvalue weighted by atomic mass is 10.1. The van der Waals surface area contributed by atoms with Crippen LogP contribution in [-0.2, 0) is 17.8 Å². The molecule has 0 aromatic heterocycles. The van der Waals surface area contributed by atoms with E-state index in [2.05, 4.69) is 13.0 Å². The molecule has 0 bridgehead atoms. The molecule has 0 aliphatic heterocycles. The molecule has 100 valence electrons. The van der Waals surface area contributed by atoms with E-state index >= 15 is 0 Å². The third-order valence-corrected chi connectivity index (χ3v) is 3.02. The summed E-state index contributed by atoms with van der Waals surface area (Å²) in [6.45, 7) is 2.24. The molecule has 0 radical (unpaired) electrons. The third kappa shape index (κ3) is 3.46. The van der Waals surface area contributed by atoms with Gasteiger partial charge in [0.15, 0.2) is 0 Å². The van der Waals surface area contributed by atoms with Crippen LogP contribution in [-0.4, -0.2) is 5.97 Å². The van der Waals surface area contributed by atoms with Crippen molar-refractivity contribution in [3.8, 4) is 6.07 Å². The number of esters is 1. The Morgan fingerprint density at radius 2 is 1.90 bits per heavy atom. The minimum Gasteiger partial charge on any atom is -0.457 e. The Balaban J connectivity index is 1.99. The number of carbonyl (C=O) groups is 1. The van der Waals surface area contributed by atoms with Crippen LogP contribution in [0.25, 0.3) is 0 Å². The van der Waals surface area contributed by atoms with Gasteiger partial charge in [-0.1, -0.05) is 31.2 Å². The quantitative estimate of drug-likeness (QED) is 0.795. The summed E-state index contributed by atoms with van der Waals surface area (Å²) < 4.78 is 5.24. The first kappa shape index (κ1) is 13.8. The van der Waals surface area contributed by atoms with E-state index in [9.17, 15) is 4.79 Å². The van der Waals surface area contributed by atoms with Crippen LogP contribution in [0, 0.1) is 11.3 Å². The third-order valence-electron chi connectivity index (χ3n) is 3.02. The Hall–Kier alpha value is -2.60. The predicted octanol–water partition coefficient (Wildman–Crippen LogP) is 3.48. The van der Waals surface area contributed by atoms with Gasteiger partial charge in [0.2, 0.25) is 0 Å². The maximum Gasteiger partial charge on any atom is 0.338 e. The maximum absolute atomic E-state index is 11.9. The highest BCUT2D eigenvalue weighted by Gasteiger charge is 2.07. The Bertz CT molecular complexity index is 639. The van der Waals surface area contributed by atoms with Crippen molar-refractivity contribution in [2.75, 3.05) is 0 Å². The zero-order valence-electron chi connectivity index (χ0n) is 11.3. The first-order valence-electron chi connectivity index (χ1n) is 6.48. The van der Waals surface area contributed by atoms with Crippen LogP contribution < -0.4 is 0 Å². The lowest BCUT2D eigenvalue weighted by molar-refractivity contribution is 0.0472. The Labute approximate surface area is 118 Å². The van der Waals surface area contributed by atoms with E-state index in [-0.39, 0.29) is 12.6 Å². The van der Waals surface area contributed by atoms with Crippen LogP contribution in [0.1, 0.15) is 34.0 Å². The SMILES string of the molecule is CCc1ccc(C(=O)OCc2cccc(C#N)c2)cc1. The maximum atomic E-state index is 11.9. The van der Waals surface area contributed by atoms with Crippen molar-refractivity contribution < 1.29 is 9.53 Å². The van der Waals surface area contributed by atoms with Gasteiger partial charge in [-0.2, -0.15) is 5.26 Å². The van der Waals surface area contributed by atoms with Gasteiger partial charge in [-0.25, -0.2) is 4.79 Å². The van der Waals surface area contributed by atoms with Crippen LogP contribution in [0.5, 0.6) is 0 Å². The number of nitriles is 1. The molecule has 0 fully saturated rings. The molecular weight excluding hydrogens is 250 g/mol. The zero-order valence-corrected chi connectivity index (χ0v) is 11.3. The predicted molar refractivity (Wildman–Crippen MR) is 76.1 cm³/mol. The summed E-state index contributed by atoms with van der Waals surface area (Å²) >= 11 is 0. The summed E-state index contributed by atoms with van der Waals surface area (Å²) in [5.74, 6) is -0.352. The van der Waals surface area contributed by atoms with Gasteiger partial charge in [0.05, 0.1) is 17.2 Å². The zero-order chi connectivity index (χ0) is 14.4. The van der Waals surface area contributed by atoms with Crippen molar-refractivity contribution in [2.24, 2.45) is 0 Å². The molecule has 0 N–H and O–H groups in total. The standard InChI is InChI=1S/C17H15NO2/c1-2-13-6-8-16(9-7-13)17(19)20-12-15-5-3-4-14(10-15)11-18/h3-10H,2,12H2,1H3. The van der Waals surface area contributed by atoms with Gasteiger partial charge in [0, 0.05) is 0 Å². The molecule has 0 saturated heterocycles. The van der Waals surface area contributed by atoms with Crippen molar-refractivity contribution in [1.29, 1.82) is 5.26 Å². The highest BCUT2D eigenvalue weighted by molar-refractivity contribution is 5.89. The van der Waals surface area contributed by atoms with Gasteiger partial charge in [-0.15, -0.1) is 0 Å². The molecule has 0 aliphatic rings. The smallest absolute Gasteiger partial charge is 0.338 e. The number of hydrogen-bond acceptors (Lipinski definition) is 3. The Kier molecular flexibility index (Phi) is 4.52. The van der Waals surface area contributed by atoms with Crippen molar-refractivity contribution in [3.05, 3.63) is 70.8 Å². The summed E-state index contributed by atoms with van der Waals surface area (Å²) in [5.41, 5.74) is 3.09. The van der Waals surface area contributed by atoms with Gasteiger partial charge in [-0.05, 0) is 41.8 Å². The van der Waals surface area contributed by atoms with Crippen molar-refractivity contribution in [2.45, 2.75) is 20.0 Å². The first-order chi connectivity index (χ1) is 9.72. The lowest BCUT2D eigenvalue weighted by Gasteiger charge is -2.06. The number of benzene rings is 2.